The van der Waals surface area contributed by atoms with Crippen molar-refractivity contribution in [3.63, 3.8) is 0 Å². The summed E-state index contributed by atoms with van der Waals surface area (Å²) in [6.07, 6.45) is 0.299. The Morgan fingerprint density at radius 3 is 2.78 bits per heavy atom. The first-order valence-corrected chi connectivity index (χ1v) is 8.85. The SMILES string of the molecule is CC1CC2CC(C)(OS2(=O)=O)C1C(=O)OCC(F)(F)SOO[O-]. The highest BCUT2D eigenvalue weighted by atomic mass is 32.2. The highest BCUT2D eigenvalue weighted by molar-refractivity contribution is 7.95. The molecule has 0 aromatic rings. The van der Waals surface area contributed by atoms with Gasteiger partial charge in [-0.3, -0.25) is 14.0 Å². The van der Waals surface area contributed by atoms with E-state index in [1.807, 2.05) is 0 Å². The van der Waals surface area contributed by atoms with Crippen LogP contribution < -0.4 is 5.26 Å². The summed E-state index contributed by atoms with van der Waals surface area (Å²) in [4.78, 5) is 12.2. The molecule has 12 heteroatoms. The smallest absolute Gasteiger partial charge is 0.354 e. The number of esters is 1. The Hall–Kier alpha value is -0.530. The van der Waals surface area contributed by atoms with Crippen molar-refractivity contribution in [2.45, 2.75) is 42.8 Å². The van der Waals surface area contributed by atoms with Gasteiger partial charge in [-0.2, -0.15) is 21.5 Å². The Morgan fingerprint density at radius 1 is 1.52 bits per heavy atom. The molecule has 0 spiro atoms. The number of ether oxygens (including phenoxy) is 1. The normalized spacial score (nSPS) is 36.0. The lowest BCUT2D eigenvalue weighted by molar-refractivity contribution is -0.777. The van der Waals surface area contributed by atoms with Gasteiger partial charge in [-0.1, -0.05) is 6.92 Å². The van der Waals surface area contributed by atoms with Gasteiger partial charge in [-0.15, -0.1) is 0 Å². The zero-order chi connectivity index (χ0) is 17.5. The molecule has 0 radical (unpaired) electrons. The summed E-state index contributed by atoms with van der Waals surface area (Å²) in [7, 11) is -3.77. The maximum Gasteiger partial charge on any atom is 0.354 e. The van der Waals surface area contributed by atoms with Gasteiger partial charge in [0.05, 0.1) is 16.8 Å². The van der Waals surface area contributed by atoms with Crippen LogP contribution in [-0.2, 0) is 33.2 Å². The zero-order valence-corrected chi connectivity index (χ0v) is 13.8. The number of halogens is 2. The van der Waals surface area contributed by atoms with E-state index in [4.69, 9.17) is 4.18 Å². The third kappa shape index (κ3) is 3.94. The molecule has 2 rings (SSSR count). The molecule has 1 aliphatic carbocycles. The summed E-state index contributed by atoms with van der Waals surface area (Å²) in [6.45, 7) is 1.74. The van der Waals surface area contributed by atoms with Gasteiger partial charge in [0.15, 0.2) is 6.61 Å². The Labute approximate surface area is 135 Å². The van der Waals surface area contributed by atoms with Gasteiger partial charge in [0, 0.05) is 0 Å². The van der Waals surface area contributed by atoms with Crippen molar-refractivity contribution in [3.8, 4) is 0 Å². The van der Waals surface area contributed by atoms with Crippen LogP contribution in [0.1, 0.15) is 26.7 Å². The zero-order valence-electron chi connectivity index (χ0n) is 12.2. The van der Waals surface area contributed by atoms with Gasteiger partial charge in [0.2, 0.25) is 0 Å². The van der Waals surface area contributed by atoms with Crippen molar-refractivity contribution in [1.82, 2.24) is 0 Å². The molecule has 4 unspecified atom stereocenters. The number of hydrogen-bond donors (Lipinski definition) is 0. The van der Waals surface area contributed by atoms with Crippen LogP contribution in [0, 0.1) is 11.8 Å². The van der Waals surface area contributed by atoms with Gasteiger partial charge in [-0.05, 0) is 25.7 Å². The summed E-state index contributed by atoms with van der Waals surface area (Å²) < 4.78 is 63.3. The molecular weight excluding hydrogens is 362 g/mol. The monoisotopic (exact) mass is 377 g/mol. The lowest BCUT2D eigenvalue weighted by Crippen LogP contribution is -2.47. The maximum atomic E-state index is 13.3. The minimum atomic E-state index is -3.77. The first-order valence-electron chi connectivity index (χ1n) is 6.64. The van der Waals surface area contributed by atoms with Gasteiger partial charge >= 0.3 is 11.2 Å². The van der Waals surface area contributed by atoms with E-state index in [1.54, 1.807) is 6.92 Å². The summed E-state index contributed by atoms with van der Waals surface area (Å²) in [5.41, 5.74) is -1.31. The van der Waals surface area contributed by atoms with Crippen molar-refractivity contribution in [2.75, 3.05) is 6.61 Å². The molecular formula is C11H15F2O8S2-. The van der Waals surface area contributed by atoms with Gasteiger partial charge in [0.1, 0.15) is 12.0 Å². The Balaban J connectivity index is 2.04. The fourth-order valence-electron chi connectivity index (χ4n) is 3.27. The number of rotatable bonds is 6. The van der Waals surface area contributed by atoms with Crippen molar-refractivity contribution < 1.29 is 45.5 Å². The van der Waals surface area contributed by atoms with E-state index in [1.165, 1.54) is 6.92 Å². The van der Waals surface area contributed by atoms with Crippen LogP contribution in [0.25, 0.3) is 0 Å². The van der Waals surface area contributed by atoms with Gasteiger partial charge in [0.25, 0.3) is 10.1 Å². The highest BCUT2D eigenvalue weighted by Crippen LogP contribution is 2.50. The molecule has 0 amide bonds. The van der Waals surface area contributed by atoms with Crippen molar-refractivity contribution in [3.05, 3.63) is 0 Å². The van der Waals surface area contributed by atoms with Crippen molar-refractivity contribution in [2.24, 2.45) is 11.8 Å². The van der Waals surface area contributed by atoms with Crippen LogP contribution >= 0.6 is 12.0 Å². The molecule has 4 atom stereocenters. The second-order valence-corrected chi connectivity index (χ2v) is 8.59. The van der Waals surface area contributed by atoms with Crippen LogP contribution in [0.4, 0.5) is 8.78 Å². The molecule has 134 valence electrons. The Morgan fingerprint density at radius 2 is 2.17 bits per heavy atom. The Kier molecular flexibility index (Phi) is 5.24. The van der Waals surface area contributed by atoms with Crippen LogP contribution in [0.2, 0.25) is 0 Å². The number of carbonyl (C=O) groups is 1. The van der Waals surface area contributed by atoms with Gasteiger partial charge in [-0.25, -0.2) is 0 Å². The molecule has 1 saturated heterocycles. The first-order chi connectivity index (χ1) is 10.5. The number of alkyl halides is 2. The van der Waals surface area contributed by atoms with E-state index in [0.717, 1.165) is 0 Å². The lowest BCUT2D eigenvalue weighted by atomic mass is 9.70. The van der Waals surface area contributed by atoms with E-state index in [0.29, 0.717) is 0 Å². The van der Waals surface area contributed by atoms with Crippen LogP contribution in [0.5, 0.6) is 0 Å². The molecule has 2 fully saturated rings. The summed E-state index contributed by atoms with van der Waals surface area (Å²) in [6, 6.07) is 0. The molecule has 2 bridgehead atoms. The lowest BCUT2D eigenvalue weighted by Gasteiger charge is -2.37. The summed E-state index contributed by atoms with van der Waals surface area (Å²) >= 11 is -0.591. The van der Waals surface area contributed by atoms with Crippen LogP contribution in [0.3, 0.4) is 0 Å². The van der Waals surface area contributed by atoms with Crippen LogP contribution in [0.15, 0.2) is 0 Å². The fraction of sp³-hybridized carbons (Fsp3) is 0.909. The largest absolute Gasteiger partial charge is 0.691 e. The molecule has 1 saturated carbocycles. The van der Waals surface area contributed by atoms with Crippen LogP contribution in [-0.4, -0.2) is 37.1 Å². The second kappa shape index (κ2) is 6.41. The summed E-state index contributed by atoms with van der Waals surface area (Å²) in [5.74, 6) is -2.39. The molecule has 0 aromatic carbocycles. The number of fused-ring (bicyclic) bond motifs is 2. The van der Waals surface area contributed by atoms with Crippen molar-refractivity contribution in [1.29, 1.82) is 0 Å². The van der Waals surface area contributed by atoms with E-state index >= 15 is 0 Å². The number of hydrogen-bond acceptors (Lipinski definition) is 9. The molecule has 0 N–H and O–H groups in total. The molecule has 2 aliphatic rings. The highest BCUT2D eigenvalue weighted by Gasteiger charge is 2.60. The Bertz CT molecular complexity index is 568. The predicted octanol–water partition coefficient (Wildman–Crippen LogP) is 0.528. The van der Waals surface area contributed by atoms with E-state index in [-0.39, 0.29) is 12.8 Å². The summed E-state index contributed by atoms with van der Waals surface area (Å²) in [5, 5.41) is 7.95. The predicted molar refractivity (Wildman–Crippen MR) is 69.8 cm³/mol. The van der Waals surface area contributed by atoms with Gasteiger partial charge < -0.3 is 9.99 Å². The van der Waals surface area contributed by atoms with E-state index in [2.05, 4.69) is 14.1 Å². The average Bonchev–Trinajstić information content (AvgIpc) is 2.60. The van der Waals surface area contributed by atoms with E-state index in [9.17, 15) is 27.3 Å². The standard InChI is InChI=1S/C11H16F2O8S2/c1-6-3-7-4-10(2,19-23(7,16)17)8(6)9(14)18-5-11(12,13)22-21-20-15/h6-8,15H,3-5H2,1-2H3/p-1. The fourth-order valence-corrected chi connectivity index (χ4v) is 5.42. The topological polar surface area (TPSA) is 111 Å². The quantitative estimate of drug-likeness (QED) is 0.215. The molecule has 1 heterocycles. The third-order valence-electron chi connectivity index (χ3n) is 4.03. The average molecular weight is 377 g/mol. The maximum absolute atomic E-state index is 13.3. The molecule has 8 nitrogen and oxygen atoms in total. The van der Waals surface area contributed by atoms with Crippen molar-refractivity contribution >= 4 is 28.1 Å². The second-order valence-electron chi connectivity index (χ2n) is 5.87. The third-order valence-corrected chi connectivity index (χ3v) is 6.30. The van der Waals surface area contributed by atoms with E-state index < -0.39 is 62.7 Å². The molecule has 1 aliphatic heterocycles. The molecule has 0 aromatic heterocycles. The first kappa shape index (κ1) is 18.8. The number of carbonyl (C=O) groups excluding carboxylic acids is 1. The molecule has 23 heavy (non-hydrogen) atoms. The minimum absolute atomic E-state index is 0.109. The minimum Gasteiger partial charge on any atom is -0.691 e.